The maximum atomic E-state index is 12.1. The molecule has 3 aromatic rings. The highest BCUT2D eigenvalue weighted by atomic mass is 32.1. The Morgan fingerprint density at radius 3 is 2.88 bits per heavy atom. The summed E-state index contributed by atoms with van der Waals surface area (Å²) in [6.07, 6.45) is 3.41. The van der Waals surface area contributed by atoms with Crippen molar-refractivity contribution in [1.29, 1.82) is 0 Å². The Bertz CT molecular complexity index is 817. The molecular formula is C18H19N3OS2. The molecule has 3 rings (SSSR count). The number of thiophene rings is 2. The first-order valence-corrected chi connectivity index (χ1v) is 9.50. The van der Waals surface area contributed by atoms with Gasteiger partial charge in [-0.1, -0.05) is 6.07 Å². The summed E-state index contributed by atoms with van der Waals surface area (Å²) in [5, 5.41) is 13.6. The third-order valence-corrected chi connectivity index (χ3v) is 5.33. The van der Waals surface area contributed by atoms with Crippen molar-refractivity contribution in [2.75, 3.05) is 6.54 Å². The third-order valence-electron chi connectivity index (χ3n) is 3.65. The maximum Gasteiger partial charge on any atom is 0.244 e. The lowest BCUT2D eigenvalue weighted by molar-refractivity contribution is -0.116. The highest BCUT2D eigenvalue weighted by Gasteiger charge is 2.18. The molecule has 1 atom stereocenters. The highest BCUT2D eigenvalue weighted by Crippen LogP contribution is 2.24. The average Bonchev–Trinajstić information content (AvgIpc) is 3.29. The molecule has 0 radical (unpaired) electrons. The largest absolute Gasteiger partial charge is 0.350 e. The van der Waals surface area contributed by atoms with E-state index in [1.165, 1.54) is 4.88 Å². The van der Waals surface area contributed by atoms with E-state index in [0.717, 1.165) is 17.0 Å². The molecule has 0 saturated carbocycles. The second kappa shape index (κ2) is 7.59. The predicted molar refractivity (Wildman–Crippen MR) is 101 cm³/mol. The van der Waals surface area contributed by atoms with Crippen LogP contribution in [0.15, 0.2) is 46.5 Å². The Kier molecular flexibility index (Phi) is 5.27. The van der Waals surface area contributed by atoms with E-state index in [4.69, 9.17) is 0 Å². The number of aromatic nitrogens is 2. The molecule has 0 saturated heterocycles. The minimum Gasteiger partial charge on any atom is -0.350 e. The molecule has 0 fully saturated rings. The Morgan fingerprint density at radius 1 is 1.38 bits per heavy atom. The van der Waals surface area contributed by atoms with Crippen LogP contribution in [-0.2, 0) is 4.79 Å². The summed E-state index contributed by atoms with van der Waals surface area (Å²) in [7, 11) is 0. The van der Waals surface area contributed by atoms with Crippen LogP contribution < -0.4 is 5.32 Å². The quantitative estimate of drug-likeness (QED) is 0.677. The Labute approximate surface area is 149 Å². The van der Waals surface area contributed by atoms with Crippen LogP contribution in [0.5, 0.6) is 0 Å². The Hall–Kier alpha value is -2.18. The van der Waals surface area contributed by atoms with Gasteiger partial charge in [0.25, 0.3) is 0 Å². The van der Waals surface area contributed by atoms with Gasteiger partial charge in [0, 0.05) is 23.2 Å². The monoisotopic (exact) mass is 357 g/mol. The summed E-state index contributed by atoms with van der Waals surface area (Å²) in [5.74, 6) is -0.0933. The van der Waals surface area contributed by atoms with E-state index < -0.39 is 0 Å². The van der Waals surface area contributed by atoms with Crippen LogP contribution in [0.4, 0.5) is 0 Å². The molecule has 3 heterocycles. The van der Waals surface area contributed by atoms with Crippen LogP contribution in [0.25, 0.3) is 6.08 Å². The molecule has 4 nitrogen and oxygen atoms in total. The molecule has 0 aromatic carbocycles. The fraction of sp³-hybridized carbons (Fsp3) is 0.222. The molecule has 0 spiro atoms. The van der Waals surface area contributed by atoms with Gasteiger partial charge >= 0.3 is 0 Å². The van der Waals surface area contributed by atoms with Crippen molar-refractivity contribution in [3.8, 4) is 0 Å². The van der Waals surface area contributed by atoms with Crippen LogP contribution in [0.2, 0.25) is 0 Å². The van der Waals surface area contributed by atoms with E-state index in [2.05, 4.69) is 22.5 Å². The number of hydrogen-bond acceptors (Lipinski definition) is 4. The van der Waals surface area contributed by atoms with Crippen molar-refractivity contribution in [3.05, 3.63) is 68.3 Å². The molecule has 0 bridgehead atoms. The molecule has 6 heteroatoms. The minimum absolute atomic E-state index is 0.0113. The van der Waals surface area contributed by atoms with Gasteiger partial charge < -0.3 is 5.32 Å². The van der Waals surface area contributed by atoms with Crippen LogP contribution in [-0.4, -0.2) is 22.2 Å². The molecule has 0 aliphatic heterocycles. The number of carbonyl (C=O) groups is 1. The summed E-state index contributed by atoms with van der Waals surface area (Å²) in [6, 6.07) is 8.16. The van der Waals surface area contributed by atoms with Crippen molar-refractivity contribution in [3.63, 3.8) is 0 Å². The topological polar surface area (TPSA) is 46.9 Å². The van der Waals surface area contributed by atoms with E-state index in [1.807, 2.05) is 52.9 Å². The van der Waals surface area contributed by atoms with E-state index in [-0.39, 0.29) is 11.9 Å². The van der Waals surface area contributed by atoms with Crippen LogP contribution in [0.3, 0.4) is 0 Å². The summed E-state index contributed by atoms with van der Waals surface area (Å²) in [4.78, 5) is 13.3. The van der Waals surface area contributed by atoms with Gasteiger partial charge in [-0.2, -0.15) is 16.4 Å². The normalized spacial score (nSPS) is 12.6. The fourth-order valence-corrected chi connectivity index (χ4v) is 3.99. The van der Waals surface area contributed by atoms with Crippen molar-refractivity contribution in [2.24, 2.45) is 0 Å². The first kappa shape index (κ1) is 16.7. The summed E-state index contributed by atoms with van der Waals surface area (Å²) >= 11 is 3.29. The fourth-order valence-electron chi connectivity index (χ4n) is 2.55. The van der Waals surface area contributed by atoms with Gasteiger partial charge in [-0.25, -0.2) is 0 Å². The Morgan fingerprint density at radius 2 is 2.25 bits per heavy atom. The van der Waals surface area contributed by atoms with E-state index >= 15 is 0 Å². The molecule has 3 aromatic heterocycles. The van der Waals surface area contributed by atoms with Crippen LogP contribution in [0.1, 0.15) is 27.9 Å². The smallest absolute Gasteiger partial charge is 0.244 e. The number of carbonyl (C=O) groups excluding carboxylic acids is 1. The van der Waals surface area contributed by atoms with Gasteiger partial charge in [-0.05, 0) is 59.8 Å². The number of nitrogens with one attached hydrogen (secondary N) is 1. The molecule has 0 aliphatic rings. The van der Waals surface area contributed by atoms with Gasteiger partial charge in [0.15, 0.2) is 0 Å². The van der Waals surface area contributed by atoms with Crippen molar-refractivity contribution in [2.45, 2.75) is 19.9 Å². The van der Waals surface area contributed by atoms with Gasteiger partial charge in [-0.15, -0.1) is 11.3 Å². The number of aryl methyl sites for hydroxylation is 2. The number of amides is 1. The Balaban J connectivity index is 1.71. The van der Waals surface area contributed by atoms with Crippen LogP contribution >= 0.6 is 22.7 Å². The molecule has 1 unspecified atom stereocenters. The first-order chi connectivity index (χ1) is 11.6. The number of nitrogens with zero attached hydrogens (tertiary/aromatic N) is 2. The second-order valence-corrected chi connectivity index (χ2v) is 7.30. The van der Waals surface area contributed by atoms with Gasteiger partial charge in [-0.3, -0.25) is 9.48 Å². The molecule has 1 amide bonds. The van der Waals surface area contributed by atoms with E-state index in [1.54, 1.807) is 28.7 Å². The molecule has 1 N–H and O–H groups in total. The third kappa shape index (κ3) is 4.01. The molecular weight excluding hydrogens is 338 g/mol. The zero-order valence-electron chi connectivity index (χ0n) is 13.6. The predicted octanol–water partition coefficient (Wildman–Crippen LogP) is 4.04. The average molecular weight is 358 g/mol. The lowest BCUT2D eigenvalue weighted by Crippen LogP contribution is -2.30. The number of rotatable bonds is 6. The SMILES string of the molecule is Cc1cc(C)n(C(CNC(=O)/C=C/c2ccsc2)c2cccs2)n1. The first-order valence-electron chi connectivity index (χ1n) is 7.68. The summed E-state index contributed by atoms with van der Waals surface area (Å²) in [6.45, 7) is 4.53. The lowest BCUT2D eigenvalue weighted by atomic mass is 10.2. The van der Waals surface area contributed by atoms with Crippen LogP contribution in [0, 0.1) is 13.8 Å². The second-order valence-electron chi connectivity index (χ2n) is 5.54. The van der Waals surface area contributed by atoms with Crippen molar-refractivity contribution >= 4 is 34.7 Å². The van der Waals surface area contributed by atoms with E-state index in [0.29, 0.717) is 6.54 Å². The lowest BCUT2D eigenvalue weighted by Gasteiger charge is -2.18. The maximum absolute atomic E-state index is 12.1. The van der Waals surface area contributed by atoms with E-state index in [9.17, 15) is 4.79 Å². The highest BCUT2D eigenvalue weighted by molar-refractivity contribution is 7.10. The van der Waals surface area contributed by atoms with Gasteiger partial charge in [0.05, 0.1) is 5.69 Å². The van der Waals surface area contributed by atoms with Gasteiger partial charge in [0.2, 0.25) is 5.91 Å². The zero-order valence-corrected chi connectivity index (χ0v) is 15.2. The zero-order chi connectivity index (χ0) is 16.9. The minimum atomic E-state index is -0.0933. The van der Waals surface area contributed by atoms with Crippen molar-refractivity contribution in [1.82, 2.24) is 15.1 Å². The summed E-state index contributed by atoms with van der Waals surface area (Å²) < 4.78 is 1.99. The van der Waals surface area contributed by atoms with Crippen molar-refractivity contribution < 1.29 is 4.79 Å². The number of hydrogen-bond donors (Lipinski definition) is 1. The summed E-state index contributed by atoms with van der Waals surface area (Å²) in [5.41, 5.74) is 3.12. The standard InChI is InChI=1S/C18H19N3OS2/c1-13-10-14(2)21(20-13)16(17-4-3-8-24-17)11-19-18(22)6-5-15-7-9-23-12-15/h3-10,12,16H,11H2,1-2H3,(H,19,22)/b6-5+. The van der Waals surface area contributed by atoms with Gasteiger partial charge in [0.1, 0.15) is 6.04 Å². The molecule has 124 valence electrons. The molecule has 24 heavy (non-hydrogen) atoms. The molecule has 0 aliphatic carbocycles.